The molecule has 0 bridgehead atoms. The molecule has 3 aromatic rings. The highest BCUT2D eigenvalue weighted by atomic mass is 16.2. The number of aromatic nitrogens is 4. The minimum Gasteiger partial charge on any atom is -0.352 e. The number of anilines is 4. The fourth-order valence-corrected chi connectivity index (χ4v) is 4.24. The molecule has 178 valence electrons. The Kier molecular flexibility index (Phi) is 6.19. The third-order valence-corrected chi connectivity index (χ3v) is 6.31. The van der Waals surface area contributed by atoms with Crippen molar-refractivity contribution in [3.63, 3.8) is 0 Å². The SMILES string of the molecule is Cc1nc(Nc2cnn(CCN(C)C)c2)nc2c1CCN2Cc1cccc(NC(=O)C2CC2)c1. The fourth-order valence-electron chi connectivity index (χ4n) is 4.24. The molecule has 0 spiro atoms. The third kappa shape index (κ3) is 5.20. The number of fused-ring (bicyclic) bond motifs is 1. The molecule has 1 saturated carbocycles. The number of hydrogen-bond donors (Lipinski definition) is 2. The quantitative estimate of drug-likeness (QED) is 0.507. The number of aryl methyl sites for hydroxylation is 1. The van der Waals surface area contributed by atoms with Crippen LogP contribution in [0.5, 0.6) is 0 Å². The van der Waals surface area contributed by atoms with Crippen LogP contribution in [-0.4, -0.2) is 57.7 Å². The van der Waals surface area contributed by atoms with Gasteiger partial charge < -0.3 is 20.4 Å². The molecule has 2 N–H and O–H groups in total. The summed E-state index contributed by atoms with van der Waals surface area (Å²) in [5.74, 6) is 1.88. The van der Waals surface area contributed by atoms with Gasteiger partial charge in [-0.05, 0) is 58.0 Å². The lowest BCUT2D eigenvalue weighted by Crippen LogP contribution is -2.21. The summed E-state index contributed by atoms with van der Waals surface area (Å²) in [5, 5.41) is 10.8. The van der Waals surface area contributed by atoms with Gasteiger partial charge in [-0.2, -0.15) is 10.1 Å². The smallest absolute Gasteiger partial charge is 0.229 e. The number of hydrogen-bond acceptors (Lipinski definition) is 7. The first-order valence-corrected chi connectivity index (χ1v) is 11.9. The van der Waals surface area contributed by atoms with Crippen LogP contribution in [-0.2, 0) is 24.3 Å². The van der Waals surface area contributed by atoms with Crippen molar-refractivity contribution in [1.82, 2.24) is 24.6 Å². The van der Waals surface area contributed by atoms with Crippen LogP contribution in [0.2, 0.25) is 0 Å². The van der Waals surface area contributed by atoms with Gasteiger partial charge in [0, 0.05) is 48.7 Å². The number of carbonyl (C=O) groups is 1. The van der Waals surface area contributed by atoms with Crippen LogP contribution in [0.3, 0.4) is 0 Å². The Balaban J connectivity index is 1.29. The van der Waals surface area contributed by atoms with E-state index in [1.54, 1.807) is 6.20 Å². The molecule has 34 heavy (non-hydrogen) atoms. The van der Waals surface area contributed by atoms with Gasteiger partial charge in [0.15, 0.2) is 0 Å². The van der Waals surface area contributed by atoms with E-state index in [0.717, 1.165) is 73.9 Å². The Labute approximate surface area is 200 Å². The summed E-state index contributed by atoms with van der Waals surface area (Å²) in [6.45, 7) is 5.43. The van der Waals surface area contributed by atoms with Crippen LogP contribution in [0.25, 0.3) is 0 Å². The molecular weight excluding hydrogens is 428 g/mol. The highest BCUT2D eigenvalue weighted by Crippen LogP contribution is 2.32. The molecule has 0 unspecified atom stereocenters. The van der Waals surface area contributed by atoms with Crippen molar-refractivity contribution >= 4 is 29.0 Å². The van der Waals surface area contributed by atoms with Gasteiger partial charge in [0.25, 0.3) is 0 Å². The third-order valence-electron chi connectivity index (χ3n) is 6.31. The van der Waals surface area contributed by atoms with Gasteiger partial charge in [0.05, 0.1) is 18.4 Å². The topological polar surface area (TPSA) is 91.2 Å². The number of nitrogens with one attached hydrogen (secondary N) is 2. The van der Waals surface area contributed by atoms with Crippen molar-refractivity contribution in [2.24, 2.45) is 5.92 Å². The largest absolute Gasteiger partial charge is 0.352 e. The monoisotopic (exact) mass is 460 g/mol. The number of amides is 1. The van der Waals surface area contributed by atoms with Crippen molar-refractivity contribution < 1.29 is 4.79 Å². The maximum Gasteiger partial charge on any atom is 0.229 e. The first-order chi connectivity index (χ1) is 16.4. The van der Waals surface area contributed by atoms with Crippen molar-refractivity contribution in [2.45, 2.75) is 39.3 Å². The Morgan fingerprint density at radius 3 is 2.85 bits per heavy atom. The Hall–Kier alpha value is -3.46. The van der Waals surface area contributed by atoms with Crippen LogP contribution < -0.4 is 15.5 Å². The predicted molar refractivity (Wildman–Crippen MR) is 133 cm³/mol. The van der Waals surface area contributed by atoms with E-state index in [-0.39, 0.29) is 11.8 Å². The van der Waals surface area contributed by atoms with E-state index in [9.17, 15) is 4.79 Å². The van der Waals surface area contributed by atoms with E-state index in [2.05, 4.69) is 51.8 Å². The van der Waals surface area contributed by atoms with E-state index in [1.807, 2.05) is 29.9 Å². The normalized spacial score (nSPS) is 15.0. The Morgan fingerprint density at radius 1 is 1.21 bits per heavy atom. The summed E-state index contributed by atoms with van der Waals surface area (Å²) in [4.78, 5) is 26.1. The molecule has 0 saturated heterocycles. The van der Waals surface area contributed by atoms with Gasteiger partial charge in [-0.25, -0.2) is 4.98 Å². The summed E-state index contributed by atoms with van der Waals surface area (Å²) < 4.78 is 1.92. The van der Waals surface area contributed by atoms with Gasteiger partial charge in [0.2, 0.25) is 11.9 Å². The van der Waals surface area contributed by atoms with Crippen molar-refractivity contribution in [1.29, 1.82) is 0 Å². The van der Waals surface area contributed by atoms with Crippen LogP contribution >= 0.6 is 0 Å². The summed E-state index contributed by atoms with van der Waals surface area (Å²) >= 11 is 0. The van der Waals surface area contributed by atoms with Crippen LogP contribution in [0.15, 0.2) is 36.7 Å². The molecule has 0 atom stereocenters. The van der Waals surface area contributed by atoms with E-state index >= 15 is 0 Å². The standard InChI is InChI=1S/C25H32N8O/c1-17-22-9-10-32(15-18-5-4-6-20(13-18)28-24(34)19-7-8-19)23(22)30-25(27-17)29-21-14-26-33(16-21)12-11-31(2)3/h4-6,13-14,16,19H,7-12,15H2,1-3H3,(H,28,34)(H,27,29,30). The van der Waals surface area contributed by atoms with Crippen LogP contribution in [0.1, 0.15) is 29.7 Å². The molecule has 1 amide bonds. The summed E-state index contributed by atoms with van der Waals surface area (Å²) in [5.41, 5.74) is 5.09. The molecule has 0 radical (unpaired) electrons. The minimum absolute atomic E-state index is 0.132. The maximum absolute atomic E-state index is 12.1. The molecule has 2 aromatic heterocycles. The zero-order valence-corrected chi connectivity index (χ0v) is 20.1. The lowest BCUT2D eigenvalue weighted by molar-refractivity contribution is -0.117. The zero-order valence-electron chi connectivity index (χ0n) is 20.1. The van der Waals surface area contributed by atoms with Crippen LogP contribution in [0, 0.1) is 12.8 Å². The van der Waals surface area contributed by atoms with Gasteiger partial charge in [-0.15, -0.1) is 0 Å². The maximum atomic E-state index is 12.1. The number of carbonyl (C=O) groups excluding carboxylic acids is 1. The second-order valence-corrected chi connectivity index (χ2v) is 9.49. The summed E-state index contributed by atoms with van der Waals surface area (Å²) in [6.07, 6.45) is 6.72. The minimum atomic E-state index is 0.132. The highest BCUT2D eigenvalue weighted by Gasteiger charge is 2.29. The first kappa shape index (κ1) is 22.3. The zero-order chi connectivity index (χ0) is 23.7. The lowest BCUT2D eigenvalue weighted by atomic mass is 10.2. The van der Waals surface area contributed by atoms with E-state index in [4.69, 9.17) is 9.97 Å². The molecule has 1 fully saturated rings. The average Bonchev–Trinajstić information content (AvgIpc) is 3.44. The van der Waals surface area contributed by atoms with Crippen molar-refractivity contribution in [2.75, 3.05) is 42.7 Å². The number of nitrogens with zero attached hydrogens (tertiary/aromatic N) is 6. The second-order valence-electron chi connectivity index (χ2n) is 9.49. The molecule has 9 nitrogen and oxygen atoms in total. The van der Waals surface area contributed by atoms with Gasteiger partial charge in [0.1, 0.15) is 5.82 Å². The molecule has 2 aliphatic rings. The molecule has 3 heterocycles. The first-order valence-electron chi connectivity index (χ1n) is 11.9. The summed E-state index contributed by atoms with van der Waals surface area (Å²) in [6, 6.07) is 8.11. The Morgan fingerprint density at radius 2 is 2.06 bits per heavy atom. The molecule has 5 rings (SSSR count). The van der Waals surface area contributed by atoms with Crippen LogP contribution in [0.4, 0.5) is 23.1 Å². The molecular formula is C25H32N8O. The lowest BCUT2D eigenvalue weighted by Gasteiger charge is -2.20. The molecule has 1 aliphatic carbocycles. The number of rotatable bonds is 9. The number of likely N-dealkylation sites (N-methyl/N-ethyl adjacent to an activating group) is 1. The molecule has 9 heteroatoms. The fraction of sp³-hybridized carbons (Fsp3) is 0.440. The number of benzene rings is 1. The van der Waals surface area contributed by atoms with Gasteiger partial charge in [-0.3, -0.25) is 9.48 Å². The van der Waals surface area contributed by atoms with E-state index in [1.165, 1.54) is 5.56 Å². The van der Waals surface area contributed by atoms with Crippen molar-refractivity contribution in [3.8, 4) is 0 Å². The van der Waals surface area contributed by atoms with Crippen molar-refractivity contribution in [3.05, 3.63) is 53.5 Å². The average molecular weight is 461 g/mol. The van der Waals surface area contributed by atoms with Gasteiger partial charge >= 0.3 is 0 Å². The highest BCUT2D eigenvalue weighted by molar-refractivity contribution is 5.94. The van der Waals surface area contributed by atoms with Gasteiger partial charge in [-0.1, -0.05) is 12.1 Å². The molecule has 1 aliphatic heterocycles. The second kappa shape index (κ2) is 9.42. The Bertz CT molecular complexity index is 1180. The van der Waals surface area contributed by atoms with E-state index in [0.29, 0.717) is 5.95 Å². The summed E-state index contributed by atoms with van der Waals surface area (Å²) in [7, 11) is 4.10. The van der Waals surface area contributed by atoms with E-state index < -0.39 is 0 Å². The molecule has 1 aromatic carbocycles. The predicted octanol–water partition coefficient (Wildman–Crippen LogP) is 3.20.